The molecule has 1 aromatic carbocycles. The average Bonchev–Trinajstić information content (AvgIpc) is 2.74. The maximum absolute atomic E-state index is 13.2. The molecule has 1 N–H and O–H groups in total. The summed E-state index contributed by atoms with van der Waals surface area (Å²) < 4.78 is 5.54. The Labute approximate surface area is 190 Å². The number of pyridine rings is 1. The van der Waals surface area contributed by atoms with Crippen molar-refractivity contribution in [3.05, 3.63) is 64.4 Å². The van der Waals surface area contributed by atoms with Crippen molar-refractivity contribution in [2.24, 2.45) is 0 Å². The molecule has 1 aromatic heterocycles. The van der Waals surface area contributed by atoms with Gasteiger partial charge in [-0.15, -0.1) is 0 Å². The lowest BCUT2D eigenvalue weighted by Gasteiger charge is -2.42. The number of ether oxygens (including phenoxy) is 1. The fraction of sp³-hybridized carbons (Fsp3) is 0.444. The number of hydrogen-bond acceptors (Lipinski definition) is 4. The monoisotopic (exact) mass is 435 g/mol. The molecule has 32 heavy (non-hydrogen) atoms. The Morgan fingerprint density at radius 2 is 1.75 bits per heavy atom. The summed E-state index contributed by atoms with van der Waals surface area (Å²) in [6.45, 7) is 11.1. The predicted octanol–water partition coefficient (Wildman–Crippen LogP) is 6.55. The Balaban J connectivity index is 2.02. The van der Waals surface area contributed by atoms with E-state index in [1.807, 2.05) is 12.1 Å². The third-order valence-corrected chi connectivity index (χ3v) is 6.45. The topological polar surface area (TPSA) is 76.5 Å². The lowest BCUT2D eigenvalue weighted by Crippen LogP contribution is -2.34. The summed E-state index contributed by atoms with van der Waals surface area (Å²) in [5.41, 5.74) is 3.86. The molecule has 0 aliphatic heterocycles. The van der Waals surface area contributed by atoms with E-state index in [0.717, 1.165) is 37.7 Å². The van der Waals surface area contributed by atoms with Crippen LogP contribution in [0.1, 0.15) is 104 Å². The van der Waals surface area contributed by atoms with Crippen LogP contribution < -0.4 is 4.74 Å². The Hall–Kier alpha value is -2.95. The molecule has 3 rings (SSSR count). The summed E-state index contributed by atoms with van der Waals surface area (Å²) in [6, 6.07) is 6.92. The van der Waals surface area contributed by atoms with E-state index in [1.165, 1.54) is 29.5 Å². The molecule has 5 heteroatoms. The summed E-state index contributed by atoms with van der Waals surface area (Å²) in [7, 11) is 0. The van der Waals surface area contributed by atoms with Gasteiger partial charge in [0.05, 0.1) is 11.1 Å². The predicted molar refractivity (Wildman–Crippen MR) is 126 cm³/mol. The standard InChI is InChI=1S/C27H33NO4/c1-6-7-8-9-10-18-15-21-22(27(4,5)14-13-26(21,2)3)16-20(18)25(31)32-23-12-11-19(17-28-23)24(29)30/h9-12,15-17H,6-8,13-14H2,1-5H3,(H,29,30)/b10-9+. The molecule has 170 valence electrons. The van der Waals surface area contributed by atoms with Crippen LogP contribution in [-0.4, -0.2) is 22.0 Å². The summed E-state index contributed by atoms with van der Waals surface area (Å²) in [5.74, 6) is -1.48. The summed E-state index contributed by atoms with van der Waals surface area (Å²) in [4.78, 5) is 28.2. The van der Waals surface area contributed by atoms with E-state index in [-0.39, 0.29) is 22.3 Å². The summed E-state index contributed by atoms with van der Waals surface area (Å²) in [6.07, 6.45) is 10.6. The second-order valence-electron chi connectivity index (χ2n) is 9.88. The number of hydrogen-bond donors (Lipinski definition) is 1. The largest absolute Gasteiger partial charge is 0.478 e. The van der Waals surface area contributed by atoms with Gasteiger partial charge in [0.2, 0.25) is 5.88 Å². The van der Waals surface area contributed by atoms with Gasteiger partial charge in [-0.25, -0.2) is 14.6 Å². The maximum Gasteiger partial charge on any atom is 0.345 e. The van der Waals surface area contributed by atoms with Gasteiger partial charge in [0.15, 0.2) is 0 Å². The maximum atomic E-state index is 13.2. The first kappa shape index (κ1) is 23.7. The van der Waals surface area contributed by atoms with Crippen molar-refractivity contribution in [3.8, 4) is 5.88 Å². The Bertz CT molecular complexity index is 1030. The van der Waals surface area contributed by atoms with Gasteiger partial charge in [-0.1, -0.05) is 65.7 Å². The minimum atomic E-state index is -1.07. The van der Waals surface area contributed by atoms with Crippen LogP contribution in [0, 0.1) is 0 Å². The van der Waals surface area contributed by atoms with E-state index in [4.69, 9.17) is 9.84 Å². The Morgan fingerprint density at radius 3 is 2.31 bits per heavy atom. The molecule has 0 saturated carbocycles. The Morgan fingerprint density at radius 1 is 1.09 bits per heavy atom. The van der Waals surface area contributed by atoms with Gasteiger partial charge in [0.25, 0.3) is 0 Å². The van der Waals surface area contributed by atoms with Crippen LogP contribution in [-0.2, 0) is 10.8 Å². The van der Waals surface area contributed by atoms with Crippen LogP contribution in [0.25, 0.3) is 6.08 Å². The summed E-state index contributed by atoms with van der Waals surface area (Å²) >= 11 is 0. The quantitative estimate of drug-likeness (QED) is 0.394. The fourth-order valence-corrected chi connectivity index (χ4v) is 4.19. The van der Waals surface area contributed by atoms with Crippen LogP contribution in [0.2, 0.25) is 0 Å². The van der Waals surface area contributed by atoms with Crippen molar-refractivity contribution in [2.45, 2.75) is 77.6 Å². The second-order valence-corrected chi connectivity index (χ2v) is 9.88. The number of benzene rings is 1. The molecule has 0 amide bonds. The number of carbonyl (C=O) groups excluding carboxylic acids is 1. The minimum Gasteiger partial charge on any atom is -0.478 e. The molecule has 2 aromatic rings. The first-order valence-electron chi connectivity index (χ1n) is 11.3. The highest BCUT2D eigenvalue weighted by Gasteiger charge is 2.38. The zero-order valence-electron chi connectivity index (χ0n) is 19.7. The van der Waals surface area contributed by atoms with E-state index in [2.05, 4.69) is 51.7 Å². The van der Waals surface area contributed by atoms with E-state index in [0.29, 0.717) is 5.56 Å². The summed E-state index contributed by atoms with van der Waals surface area (Å²) in [5, 5.41) is 9.04. The number of fused-ring (bicyclic) bond motifs is 1. The third kappa shape index (κ3) is 5.09. The van der Waals surface area contributed by atoms with Crippen LogP contribution >= 0.6 is 0 Å². The van der Waals surface area contributed by atoms with E-state index < -0.39 is 11.9 Å². The molecule has 1 aliphatic carbocycles. The van der Waals surface area contributed by atoms with Gasteiger partial charge >= 0.3 is 11.9 Å². The zero-order valence-corrected chi connectivity index (χ0v) is 19.7. The van der Waals surface area contributed by atoms with Crippen LogP contribution in [0.3, 0.4) is 0 Å². The highest BCUT2D eigenvalue weighted by molar-refractivity contribution is 5.95. The number of carboxylic acids is 1. The Kier molecular flexibility index (Phi) is 6.87. The van der Waals surface area contributed by atoms with Crippen molar-refractivity contribution in [1.82, 2.24) is 4.98 Å². The van der Waals surface area contributed by atoms with Crippen LogP contribution in [0.15, 0.2) is 36.5 Å². The molecule has 0 spiro atoms. The molecule has 5 nitrogen and oxygen atoms in total. The molecule has 1 aliphatic rings. The van der Waals surface area contributed by atoms with Crippen molar-refractivity contribution in [3.63, 3.8) is 0 Å². The van der Waals surface area contributed by atoms with Gasteiger partial charge in [0, 0.05) is 12.3 Å². The lowest BCUT2D eigenvalue weighted by molar-refractivity contribution is 0.0696. The number of aromatic carboxylic acids is 1. The number of unbranched alkanes of at least 4 members (excludes halogenated alkanes) is 2. The van der Waals surface area contributed by atoms with Gasteiger partial charge in [-0.05, 0) is 58.9 Å². The molecule has 0 fully saturated rings. The smallest absolute Gasteiger partial charge is 0.345 e. The molecular formula is C27H33NO4. The zero-order chi connectivity index (χ0) is 23.5. The van der Waals surface area contributed by atoms with Crippen molar-refractivity contribution in [1.29, 1.82) is 0 Å². The average molecular weight is 436 g/mol. The number of carboxylic acid groups (broad SMARTS) is 1. The first-order chi connectivity index (χ1) is 15.0. The normalized spacial score (nSPS) is 16.5. The number of allylic oxidation sites excluding steroid dienone is 1. The third-order valence-electron chi connectivity index (χ3n) is 6.45. The number of carbonyl (C=O) groups is 2. The lowest BCUT2D eigenvalue weighted by atomic mass is 9.62. The van der Waals surface area contributed by atoms with Crippen LogP contribution in [0.4, 0.5) is 0 Å². The van der Waals surface area contributed by atoms with Crippen molar-refractivity contribution < 1.29 is 19.4 Å². The minimum absolute atomic E-state index is 0.0352. The number of aromatic nitrogens is 1. The van der Waals surface area contributed by atoms with E-state index in [1.54, 1.807) is 0 Å². The van der Waals surface area contributed by atoms with E-state index in [9.17, 15) is 9.59 Å². The second kappa shape index (κ2) is 9.27. The van der Waals surface area contributed by atoms with Crippen molar-refractivity contribution in [2.75, 3.05) is 0 Å². The van der Waals surface area contributed by atoms with E-state index >= 15 is 0 Å². The number of nitrogens with zero attached hydrogens (tertiary/aromatic N) is 1. The van der Waals surface area contributed by atoms with Gasteiger partial charge in [-0.3, -0.25) is 0 Å². The van der Waals surface area contributed by atoms with Gasteiger partial charge in [-0.2, -0.15) is 0 Å². The number of rotatable bonds is 7. The molecule has 0 bridgehead atoms. The van der Waals surface area contributed by atoms with Crippen LogP contribution in [0.5, 0.6) is 5.88 Å². The molecule has 1 heterocycles. The fourth-order valence-electron chi connectivity index (χ4n) is 4.19. The number of esters is 1. The van der Waals surface area contributed by atoms with Gasteiger partial charge < -0.3 is 9.84 Å². The SMILES string of the molecule is CCCC/C=C/c1cc2c(cc1C(=O)Oc1ccc(C(=O)O)cn1)C(C)(C)CCC2(C)C. The highest BCUT2D eigenvalue weighted by Crippen LogP contribution is 2.46. The van der Waals surface area contributed by atoms with Crippen molar-refractivity contribution >= 4 is 18.0 Å². The molecule has 0 saturated heterocycles. The van der Waals surface area contributed by atoms with Gasteiger partial charge in [0.1, 0.15) is 0 Å². The molecule has 0 unspecified atom stereocenters. The first-order valence-corrected chi connectivity index (χ1v) is 11.3. The molecular weight excluding hydrogens is 402 g/mol. The highest BCUT2D eigenvalue weighted by atomic mass is 16.5. The molecule has 0 radical (unpaired) electrons. The molecule has 0 atom stereocenters.